The van der Waals surface area contributed by atoms with Gasteiger partial charge in [-0.3, -0.25) is 9.78 Å². The second-order valence-corrected chi connectivity index (χ2v) is 9.51. The Morgan fingerprint density at radius 1 is 1.04 bits per heavy atom. The van der Waals surface area contributed by atoms with Crippen molar-refractivity contribution < 1.29 is 9.53 Å². The van der Waals surface area contributed by atoms with Gasteiger partial charge in [0.15, 0.2) is 0 Å². The number of aromatic amines is 1. The van der Waals surface area contributed by atoms with Crippen molar-refractivity contribution in [3.05, 3.63) is 96.8 Å². The lowest BCUT2D eigenvalue weighted by molar-refractivity contribution is -0.118. The summed E-state index contributed by atoms with van der Waals surface area (Å²) in [6, 6.07) is 18.4. The number of hydrogen-bond donors (Lipinski definition) is 6. The second kappa shape index (κ2) is 17.5. The number of hydrogen-bond acceptors (Lipinski definition) is 10. The molecule has 0 radical (unpaired) electrons. The zero-order chi connectivity index (χ0) is 32.6. The molecule has 2 aromatic carbocycles. The second-order valence-electron chi connectivity index (χ2n) is 9.51. The molecule has 1 amide bonds. The number of aromatic nitrogens is 5. The summed E-state index contributed by atoms with van der Waals surface area (Å²) in [6.07, 6.45) is 6.20. The number of carbonyl (C=O) groups excluding carboxylic acids is 1. The van der Waals surface area contributed by atoms with Crippen molar-refractivity contribution >= 4 is 46.2 Å². The van der Waals surface area contributed by atoms with Crippen molar-refractivity contribution in [3.63, 3.8) is 0 Å². The van der Waals surface area contributed by atoms with Crippen molar-refractivity contribution in [1.29, 1.82) is 0 Å². The number of nitrogen functional groups attached to an aromatic ring is 1. The van der Waals surface area contributed by atoms with E-state index in [1.165, 1.54) is 0 Å². The lowest BCUT2D eigenvalue weighted by atomic mass is 10.1. The van der Waals surface area contributed by atoms with E-state index >= 15 is 0 Å². The van der Waals surface area contributed by atoms with Gasteiger partial charge in [-0.05, 0) is 60.9 Å². The summed E-state index contributed by atoms with van der Waals surface area (Å²) in [6.45, 7) is 9.78. The molecule has 5 rings (SSSR count). The van der Waals surface area contributed by atoms with Crippen molar-refractivity contribution in [1.82, 2.24) is 24.9 Å². The Balaban J connectivity index is 0.00000104. The highest BCUT2D eigenvalue weighted by Gasteiger charge is 2.19. The first-order valence-corrected chi connectivity index (χ1v) is 14.7. The van der Waals surface area contributed by atoms with Crippen LogP contribution in [0.3, 0.4) is 0 Å². The van der Waals surface area contributed by atoms with Crippen molar-refractivity contribution in [2.75, 3.05) is 35.3 Å². The number of benzene rings is 2. The maximum absolute atomic E-state index is 12.3. The van der Waals surface area contributed by atoms with E-state index in [9.17, 15) is 4.79 Å². The maximum atomic E-state index is 12.3. The van der Waals surface area contributed by atoms with Crippen molar-refractivity contribution in [2.24, 2.45) is 5.73 Å². The van der Waals surface area contributed by atoms with Crippen LogP contribution in [0.1, 0.15) is 31.9 Å². The number of pyridine rings is 1. The Bertz CT molecular complexity index is 1670. The first-order chi connectivity index (χ1) is 21.9. The minimum absolute atomic E-state index is 0.187. The van der Waals surface area contributed by atoms with E-state index in [0.29, 0.717) is 31.2 Å². The molecule has 0 saturated carbocycles. The summed E-state index contributed by atoms with van der Waals surface area (Å²) < 4.78 is 5.45. The van der Waals surface area contributed by atoms with Crippen LogP contribution < -0.4 is 32.2 Å². The molecule has 0 aliphatic rings. The summed E-state index contributed by atoms with van der Waals surface area (Å²) in [5, 5.41) is 10.5. The van der Waals surface area contributed by atoms with E-state index in [1.54, 1.807) is 31.6 Å². The number of allylic oxidation sites excluding steroid dienone is 1. The summed E-state index contributed by atoms with van der Waals surface area (Å²) in [5.74, 6) is 1.55. The molecule has 0 aliphatic carbocycles. The number of anilines is 5. The molecule has 0 saturated heterocycles. The minimum atomic E-state index is -0.779. The number of nitrogens with one attached hydrogen (secondary N) is 4. The summed E-state index contributed by atoms with van der Waals surface area (Å²) in [5.41, 5.74) is 15.0. The fourth-order valence-corrected chi connectivity index (χ4v) is 4.27. The third kappa shape index (κ3) is 10.2. The van der Waals surface area contributed by atoms with E-state index < -0.39 is 11.9 Å². The summed E-state index contributed by atoms with van der Waals surface area (Å²) in [7, 11) is 1.65. The number of primary amides is 1. The highest BCUT2D eigenvalue weighted by Crippen LogP contribution is 2.22. The molecular weight excluding hydrogens is 568 g/mol. The molecule has 0 aliphatic heterocycles. The van der Waals surface area contributed by atoms with Gasteiger partial charge >= 0.3 is 0 Å². The van der Waals surface area contributed by atoms with Gasteiger partial charge in [-0.25, -0.2) is 0 Å². The van der Waals surface area contributed by atoms with Gasteiger partial charge in [0.1, 0.15) is 17.6 Å². The van der Waals surface area contributed by atoms with Crippen molar-refractivity contribution in [2.45, 2.75) is 39.7 Å². The molecule has 3 heterocycles. The number of H-pyrrole nitrogens is 1. The average molecular weight is 611 g/mol. The van der Waals surface area contributed by atoms with E-state index in [4.69, 9.17) is 16.2 Å². The number of carbonyl (C=O) groups is 1. The van der Waals surface area contributed by atoms with E-state index in [1.807, 2.05) is 75.4 Å². The fourth-order valence-electron chi connectivity index (χ4n) is 4.27. The monoisotopic (exact) mass is 610 g/mol. The highest BCUT2D eigenvalue weighted by atomic mass is 16.5. The predicted molar refractivity (Wildman–Crippen MR) is 183 cm³/mol. The normalized spacial score (nSPS) is 10.8. The quantitative estimate of drug-likeness (QED) is 0.0992. The Morgan fingerprint density at radius 3 is 2.49 bits per heavy atom. The Morgan fingerprint density at radius 2 is 1.78 bits per heavy atom. The van der Waals surface area contributed by atoms with Crippen LogP contribution >= 0.6 is 0 Å². The van der Waals surface area contributed by atoms with Gasteiger partial charge in [0.2, 0.25) is 23.8 Å². The van der Waals surface area contributed by atoms with E-state index in [0.717, 1.165) is 33.5 Å². The number of fused-ring (bicyclic) bond motifs is 1. The van der Waals surface area contributed by atoms with Crippen LogP contribution in [0.4, 0.5) is 29.4 Å². The molecule has 3 aromatic heterocycles. The Kier molecular flexibility index (Phi) is 13.1. The smallest absolute Gasteiger partial charge is 0.240 e. The first-order valence-electron chi connectivity index (χ1n) is 14.7. The maximum Gasteiger partial charge on any atom is 0.240 e. The zero-order valence-corrected chi connectivity index (χ0v) is 26.2. The summed E-state index contributed by atoms with van der Waals surface area (Å²) in [4.78, 5) is 33.1. The number of nitrogens with two attached hydrogens (primary N) is 2. The van der Waals surface area contributed by atoms with Gasteiger partial charge in [-0.2, -0.15) is 15.0 Å². The number of methoxy groups -OCH3 is 1. The average Bonchev–Trinajstić information content (AvgIpc) is 3.46. The summed E-state index contributed by atoms with van der Waals surface area (Å²) >= 11 is 0. The molecule has 0 spiro atoms. The lowest BCUT2D eigenvalue weighted by Crippen LogP contribution is -2.37. The number of rotatable bonds is 12. The first kappa shape index (κ1) is 33.8. The minimum Gasteiger partial charge on any atom is -0.496 e. The highest BCUT2D eigenvalue weighted by molar-refractivity contribution is 5.84. The number of amides is 1. The SMILES string of the molecule is C=CC.CC.COc1ccccc1CCNc1nc(Nc2ccc3ncccc3c2)nc(NC(Cc2c[nH]c(N)c2)C(N)=O)n1. The molecule has 0 fully saturated rings. The Labute approximate surface area is 263 Å². The van der Waals surface area contributed by atoms with Crippen LogP contribution in [-0.4, -0.2) is 50.5 Å². The largest absolute Gasteiger partial charge is 0.496 e. The molecule has 12 heteroatoms. The van der Waals surface area contributed by atoms with Crippen LogP contribution in [0, 0.1) is 0 Å². The molecule has 8 N–H and O–H groups in total. The zero-order valence-electron chi connectivity index (χ0n) is 26.2. The van der Waals surface area contributed by atoms with Crippen LogP contribution in [0.15, 0.2) is 85.7 Å². The molecule has 12 nitrogen and oxygen atoms in total. The predicted octanol–water partition coefficient (Wildman–Crippen LogP) is 5.46. The molecule has 1 atom stereocenters. The van der Waals surface area contributed by atoms with Gasteiger partial charge in [0, 0.05) is 36.4 Å². The van der Waals surface area contributed by atoms with Gasteiger partial charge in [-0.15, -0.1) is 6.58 Å². The van der Waals surface area contributed by atoms with Gasteiger partial charge < -0.3 is 37.1 Å². The number of ether oxygens (including phenoxy) is 1. The third-order valence-electron chi connectivity index (χ3n) is 6.22. The molecule has 45 heavy (non-hydrogen) atoms. The number of para-hydroxylation sites is 1. The van der Waals surface area contributed by atoms with Gasteiger partial charge in [-0.1, -0.05) is 44.2 Å². The van der Waals surface area contributed by atoms with E-state index in [-0.39, 0.29) is 11.9 Å². The van der Waals surface area contributed by atoms with Gasteiger partial charge in [0.05, 0.1) is 12.6 Å². The standard InChI is InChI=1S/C28H30N10O2.C3H6.C2H6/c1-40-23-7-3-2-5-18(23)10-12-32-26-36-27(34-20-8-9-21-19(15-20)6-4-11-31-21)38-28(37-26)35-22(25(30)39)13-17-14-24(29)33-16-17;1-3-2;1-2/h2-9,11,14-16,22,33H,10,12-13,29H2,1H3,(H2,30,39)(H3,32,34,35,36,37,38);3H,1H2,2H3;1-2H3. The van der Waals surface area contributed by atoms with Crippen LogP contribution in [0.2, 0.25) is 0 Å². The number of nitrogens with zero attached hydrogens (tertiary/aromatic N) is 4. The molecule has 5 aromatic rings. The Hall–Kier alpha value is -5.65. The molecule has 0 bridgehead atoms. The molecule has 236 valence electrons. The molecular formula is C33H42N10O2. The van der Waals surface area contributed by atoms with Crippen molar-refractivity contribution in [3.8, 4) is 5.75 Å². The van der Waals surface area contributed by atoms with Crippen LogP contribution in [0.25, 0.3) is 10.9 Å². The lowest BCUT2D eigenvalue weighted by Gasteiger charge is -2.16. The molecule has 1 unspecified atom stereocenters. The van der Waals surface area contributed by atoms with Crippen LogP contribution in [-0.2, 0) is 17.6 Å². The topological polar surface area (TPSA) is 182 Å². The van der Waals surface area contributed by atoms with Gasteiger partial charge in [0.25, 0.3) is 0 Å². The fraction of sp³-hybridized carbons (Fsp3) is 0.242. The third-order valence-corrected chi connectivity index (χ3v) is 6.22. The van der Waals surface area contributed by atoms with E-state index in [2.05, 4.69) is 47.4 Å². The van der Waals surface area contributed by atoms with Crippen LogP contribution in [0.5, 0.6) is 5.75 Å².